The minimum atomic E-state index is -0.953. The summed E-state index contributed by atoms with van der Waals surface area (Å²) in [6, 6.07) is 5.02. The van der Waals surface area contributed by atoms with E-state index in [-0.39, 0.29) is 13.0 Å². The molecule has 0 aliphatic carbocycles. The van der Waals surface area contributed by atoms with Gasteiger partial charge in [0.15, 0.2) is 5.82 Å². The SMILES string of the molecule is COC(CC(=O)O)Cn1nnnc1-c1ccc(Cl)c(Cl)c1. The number of hydrogen-bond donors (Lipinski definition) is 1. The topological polar surface area (TPSA) is 90.1 Å². The lowest BCUT2D eigenvalue weighted by molar-refractivity contribution is -0.139. The minimum Gasteiger partial charge on any atom is -0.481 e. The average molecular weight is 331 g/mol. The van der Waals surface area contributed by atoms with Crippen LogP contribution in [-0.4, -0.2) is 44.5 Å². The van der Waals surface area contributed by atoms with Crippen molar-refractivity contribution in [1.29, 1.82) is 0 Å². The monoisotopic (exact) mass is 330 g/mol. The van der Waals surface area contributed by atoms with Crippen molar-refractivity contribution < 1.29 is 14.6 Å². The first-order valence-electron chi connectivity index (χ1n) is 5.97. The van der Waals surface area contributed by atoms with Gasteiger partial charge in [0.05, 0.1) is 29.1 Å². The van der Waals surface area contributed by atoms with E-state index in [0.29, 0.717) is 21.4 Å². The second kappa shape index (κ2) is 6.84. The van der Waals surface area contributed by atoms with E-state index in [4.69, 9.17) is 33.0 Å². The molecule has 9 heteroatoms. The Morgan fingerprint density at radius 3 is 2.81 bits per heavy atom. The number of hydrogen-bond acceptors (Lipinski definition) is 5. The molecule has 0 spiro atoms. The lowest BCUT2D eigenvalue weighted by Crippen LogP contribution is -2.23. The third-order valence-corrected chi connectivity index (χ3v) is 3.56. The number of carboxylic acid groups (broad SMARTS) is 1. The van der Waals surface area contributed by atoms with E-state index >= 15 is 0 Å². The number of rotatable bonds is 6. The fraction of sp³-hybridized carbons (Fsp3) is 0.333. The Morgan fingerprint density at radius 1 is 1.43 bits per heavy atom. The highest BCUT2D eigenvalue weighted by Gasteiger charge is 2.17. The van der Waals surface area contributed by atoms with Crippen LogP contribution >= 0.6 is 23.2 Å². The van der Waals surface area contributed by atoms with Crippen LogP contribution in [0, 0.1) is 0 Å². The fourth-order valence-corrected chi connectivity index (χ4v) is 2.08. The molecule has 1 heterocycles. The van der Waals surface area contributed by atoms with Gasteiger partial charge in [-0.1, -0.05) is 23.2 Å². The molecule has 1 aromatic heterocycles. The van der Waals surface area contributed by atoms with E-state index in [9.17, 15) is 4.79 Å². The Morgan fingerprint density at radius 2 is 2.19 bits per heavy atom. The molecule has 21 heavy (non-hydrogen) atoms. The number of carboxylic acids is 1. The summed E-state index contributed by atoms with van der Waals surface area (Å²) in [7, 11) is 1.44. The van der Waals surface area contributed by atoms with Gasteiger partial charge in [0.2, 0.25) is 0 Å². The number of benzene rings is 1. The summed E-state index contributed by atoms with van der Waals surface area (Å²) >= 11 is 11.8. The fourth-order valence-electron chi connectivity index (χ4n) is 1.78. The normalized spacial score (nSPS) is 12.3. The third-order valence-electron chi connectivity index (χ3n) is 2.82. The maximum absolute atomic E-state index is 10.8. The lowest BCUT2D eigenvalue weighted by atomic mass is 10.2. The number of methoxy groups -OCH3 is 1. The Kier molecular flexibility index (Phi) is 5.11. The number of aliphatic carboxylic acids is 1. The zero-order valence-corrected chi connectivity index (χ0v) is 12.5. The molecule has 112 valence electrons. The Labute approximate surface area is 130 Å². The molecule has 0 aliphatic rings. The summed E-state index contributed by atoms with van der Waals surface area (Å²) in [5.74, 6) is -0.494. The van der Waals surface area contributed by atoms with Gasteiger partial charge in [0.25, 0.3) is 0 Å². The molecule has 0 fully saturated rings. The van der Waals surface area contributed by atoms with Gasteiger partial charge in [0.1, 0.15) is 0 Å². The molecule has 2 rings (SSSR count). The summed E-state index contributed by atoms with van der Waals surface area (Å²) in [6.45, 7) is 0.214. The second-order valence-corrected chi connectivity index (χ2v) is 5.08. The lowest BCUT2D eigenvalue weighted by Gasteiger charge is -2.13. The molecule has 7 nitrogen and oxygen atoms in total. The number of aromatic nitrogens is 4. The van der Waals surface area contributed by atoms with Gasteiger partial charge in [-0.25, -0.2) is 4.68 Å². The van der Waals surface area contributed by atoms with Crippen molar-refractivity contribution in [3.63, 3.8) is 0 Å². The smallest absolute Gasteiger partial charge is 0.306 e. The molecule has 0 bridgehead atoms. The average Bonchev–Trinajstić information content (AvgIpc) is 2.88. The molecule has 1 N–H and O–H groups in total. The van der Waals surface area contributed by atoms with Crippen LogP contribution in [0.25, 0.3) is 11.4 Å². The van der Waals surface area contributed by atoms with Gasteiger partial charge in [-0.2, -0.15) is 0 Å². The molecule has 0 radical (unpaired) electrons. The standard InChI is InChI=1S/C12H12Cl2N4O3/c1-21-8(5-11(19)20)6-18-12(15-16-17-18)7-2-3-9(13)10(14)4-7/h2-4,8H,5-6H2,1H3,(H,19,20). The summed E-state index contributed by atoms with van der Waals surface area (Å²) in [4.78, 5) is 10.8. The quantitative estimate of drug-likeness (QED) is 0.872. The van der Waals surface area contributed by atoms with Crippen LogP contribution in [0.3, 0.4) is 0 Å². The van der Waals surface area contributed by atoms with Gasteiger partial charge in [-0.15, -0.1) is 5.10 Å². The molecule has 0 amide bonds. The predicted octanol–water partition coefficient (Wildman–Crippen LogP) is 2.14. The maximum atomic E-state index is 10.8. The van der Waals surface area contributed by atoms with Gasteiger partial charge < -0.3 is 9.84 Å². The third kappa shape index (κ3) is 3.90. The Hall–Kier alpha value is -1.70. The molecule has 0 aliphatic heterocycles. The highest BCUT2D eigenvalue weighted by atomic mass is 35.5. The van der Waals surface area contributed by atoms with Crippen molar-refractivity contribution in [1.82, 2.24) is 20.2 Å². The van der Waals surface area contributed by atoms with Crippen molar-refractivity contribution in [3.05, 3.63) is 28.2 Å². The molecule has 0 saturated carbocycles. The number of halogens is 2. The summed E-state index contributed by atoms with van der Waals surface area (Å²) in [6.07, 6.45) is -0.676. The molecule has 1 aromatic carbocycles. The Bertz CT molecular complexity index is 647. The second-order valence-electron chi connectivity index (χ2n) is 4.27. The highest BCUT2D eigenvalue weighted by molar-refractivity contribution is 6.42. The predicted molar refractivity (Wildman–Crippen MR) is 76.3 cm³/mol. The number of tetrazole rings is 1. The van der Waals surface area contributed by atoms with Gasteiger partial charge in [-0.05, 0) is 28.6 Å². The summed E-state index contributed by atoms with van der Waals surface area (Å²) in [5, 5.41) is 21.0. The van der Waals surface area contributed by atoms with E-state index in [0.717, 1.165) is 0 Å². The number of ether oxygens (including phenoxy) is 1. The maximum Gasteiger partial charge on any atom is 0.306 e. The number of carbonyl (C=O) groups is 1. The molecular formula is C12H12Cl2N4O3. The molecular weight excluding hydrogens is 319 g/mol. The van der Waals surface area contributed by atoms with Gasteiger partial charge in [0, 0.05) is 12.7 Å². The van der Waals surface area contributed by atoms with Crippen LogP contribution in [-0.2, 0) is 16.1 Å². The van der Waals surface area contributed by atoms with E-state index in [1.807, 2.05) is 0 Å². The van der Waals surface area contributed by atoms with Crippen LogP contribution in [0.4, 0.5) is 0 Å². The first-order valence-corrected chi connectivity index (χ1v) is 6.73. The van der Waals surface area contributed by atoms with Crippen molar-refractivity contribution in [2.75, 3.05) is 7.11 Å². The van der Waals surface area contributed by atoms with Crippen LogP contribution in [0.15, 0.2) is 18.2 Å². The van der Waals surface area contributed by atoms with Crippen LogP contribution in [0.5, 0.6) is 0 Å². The first-order chi connectivity index (χ1) is 10.0. The Balaban J connectivity index is 2.25. The largest absolute Gasteiger partial charge is 0.481 e. The van der Waals surface area contributed by atoms with Crippen LogP contribution < -0.4 is 0 Å². The van der Waals surface area contributed by atoms with Crippen LogP contribution in [0.2, 0.25) is 10.0 Å². The zero-order valence-electron chi connectivity index (χ0n) is 11.0. The van der Waals surface area contributed by atoms with Crippen molar-refractivity contribution in [2.45, 2.75) is 19.1 Å². The molecule has 1 unspecified atom stereocenters. The van der Waals surface area contributed by atoms with Crippen molar-refractivity contribution in [2.24, 2.45) is 0 Å². The van der Waals surface area contributed by atoms with Gasteiger partial charge in [-0.3, -0.25) is 4.79 Å². The van der Waals surface area contributed by atoms with E-state index in [1.165, 1.54) is 11.8 Å². The highest BCUT2D eigenvalue weighted by Crippen LogP contribution is 2.27. The molecule has 1 atom stereocenters. The van der Waals surface area contributed by atoms with Gasteiger partial charge >= 0.3 is 5.97 Å². The van der Waals surface area contributed by atoms with Crippen molar-refractivity contribution >= 4 is 29.2 Å². The van der Waals surface area contributed by atoms with E-state index < -0.39 is 12.1 Å². The molecule has 2 aromatic rings. The molecule has 0 saturated heterocycles. The summed E-state index contributed by atoms with van der Waals surface area (Å²) < 4.78 is 6.59. The zero-order chi connectivity index (χ0) is 15.4. The minimum absolute atomic E-state index is 0.142. The van der Waals surface area contributed by atoms with E-state index in [1.54, 1.807) is 18.2 Å². The van der Waals surface area contributed by atoms with Crippen molar-refractivity contribution in [3.8, 4) is 11.4 Å². The number of nitrogens with zero attached hydrogens (tertiary/aromatic N) is 4. The first kappa shape index (κ1) is 15.7. The summed E-state index contributed by atoms with van der Waals surface area (Å²) in [5.41, 5.74) is 0.680. The van der Waals surface area contributed by atoms with E-state index in [2.05, 4.69) is 15.5 Å². The van der Waals surface area contributed by atoms with Crippen LogP contribution in [0.1, 0.15) is 6.42 Å².